The van der Waals surface area contributed by atoms with Crippen LogP contribution in [0.3, 0.4) is 0 Å². The number of benzene rings is 1. The van der Waals surface area contributed by atoms with Crippen LogP contribution in [-0.2, 0) is 13.1 Å². The molecule has 0 atom stereocenters. The molecular formula is C15H20N2O3. The van der Waals surface area contributed by atoms with Gasteiger partial charge in [0.05, 0.1) is 19.9 Å². The number of hydrogen-bond acceptors (Lipinski definition) is 5. The van der Waals surface area contributed by atoms with Gasteiger partial charge in [-0.25, -0.2) is 0 Å². The number of rotatable bonds is 6. The van der Waals surface area contributed by atoms with Crippen molar-refractivity contribution < 1.29 is 14.0 Å². The number of nitrogens with zero attached hydrogens (tertiary/aromatic N) is 2. The Morgan fingerprint density at radius 1 is 1.10 bits per heavy atom. The molecule has 0 unspecified atom stereocenters. The molecule has 108 valence electrons. The third kappa shape index (κ3) is 3.51. The van der Waals surface area contributed by atoms with Gasteiger partial charge >= 0.3 is 0 Å². The van der Waals surface area contributed by atoms with Crippen molar-refractivity contribution in [1.29, 1.82) is 0 Å². The van der Waals surface area contributed by atoms with Gasteiger partial charge in [-0.3, -0.25) is 4.90 Å². The summed E-state index contributed by atoms with van der Waals surface area (Å²) in [5.74, 6) is 2.32. The Bertz CT molecular complexity index is 566. The summed E-state index contributed by atoms with van der Waals surface area (Å²) in [7, 11) is 5.32. The fourth-order valence-electron chi connectivity index (χ4n) is 2.12. The van der Waals surface area contributed by atoms with Gasteiger partial charge in [0.1, 0.15) is 5.76 Å². The number of ether oxygens (including phenoxy) is 2. The molecule has 0 aliphatic carbocycles. The van der Waals surface area contributed by atoms with Crippen molar-refractivity contribution in [2.75, 3.05) is 21.3 Å². The minimum Gasteiger partial charge on any atom is -0.493 e. The van der Waals surface area contributed by atoms with E-state index in [0.717, 1.165) is 41.6 Å². The predicted molar refractivity (Wildman–Crippen MR) is 76.0 cm³/mol. The SMILES string of the molecule is COc1ccc(CN(C)Cc2cc(C)on2)cc1OC. The Kier molecular flexibility index (Phi) is 4.63. The largest absolute Gasteiger partial charge is 0.493 e. The molecule has 0 aliphatic rings. The van der Waals surface area contributed by atoms with Gasteiger partial charge in [-0.1, -0.05) is 11.2 Å². The smallest absolute Gasteiger partial charge is 0.161 e. The van der Waals surface area contributed by atoms with E-state index in [2.05, 4.69) is 10.1 Å². The molecule has 2 rings (SSSR count). The Labute approximate surface area is 119 Å². The van der Waals surface area contributed by atoms with Crippen LogP contribution in [0.4, 0.5) is 0 Å². The molecular weight excluding hydrogens is 256 g/mol. The van der Waals surface area contributed by atoms with E-state index in [9.17, 15) is 0 Å². The topological polar surface area (TPSA) is 47.7 Å². The molecule has 0 radical (unpaired) electrons. The summed E-state index contributed by atoms with van der Waals surface area (Å²) in [6.45, 7) is 3.43. The summed E-state index contributed by atoms with van der Waals surface area (Å²) in [4.78, 5) is 2.17. The highest BCUT2D eigenvalue weighted by molar-refractivity contribution is 5.42. The van der Waals surface area contributed by atoms with E-state index < -0.39 is 0 Å². The summed E-state index contributed by atoms with van der Waals surface area (Å²) in [6.07, 6.45) is 0. The molecule has 1 aromatic carbocycles. The highest BCUT2D eigenvalue weighted by Gasteiger charge is 2.08. The fraction of sp³-hybridized carbons (Fsp3) is 0.400. The van der Waals surface area contributed by atoms with E-state index in [0.29, 0.717) is 0 Å². The van der Waals surface area contributed by atoms with Crippen LogP contribution < -0.4 is 9.47 Å². The maximum absolute atomic E-state index is 5.31. The monoisotopic (exact) mass is 276 g/mol. The second-order valence-corrected chi connectivity index (χ2v) is 4.79. The Morgan fingerprint density at radius 3 is 2.45 bits per heavy atom. The number of methoxy groups -OCH3 is 2. The van der Waals surface area contributed by atoms with Crippen LogP contribution in [0.2, 0.25) is 0 Å². The van der Waals surface area contributed by atoms with Crippen molar-refractivity contribution >= 4 is 0 Å². The average molecular weight is 276 g/mol. The van der Waals surface area contributed by atoms with Crippen molar-refractivity contribution in [2.24, 2.45) is 0 Å². The normalized spacial score (nSPS) is 10.8. The standard InChI is InChI=1S/C15H20N2O3/c1-11-7-13(16-20-11)10-17(2)9-12-5-6-14(18-3)15(8-12)19-4/h5-8H,9-10H2,1-4H3. The lowest BCUT2D eigenvalue weighted by atomic mass is 10.2. The van der Waals surface area contributed by atoms with Crippen LogP contribution in [0.25, 0.3) is 0 Å². The van der Waals surface area contributed by atoms with Crippen molar-refractivity contribution in [1.82, 2.24) is 10.1 Å². The molecule has 2 aromatic rings. The third-order valence-corrected chi connectivity index (χ3v) is 3.01. The molecule has 0 bridgehead atoms. The molecule has 0 fully saturated rings. The van der Waals surface area contributed by atoms with Crippen molar-refractivity contribution in [3.8, 4) is 11.5 Å². The highest BCUT2D eigenvalue weighted by atomic mass is 16.5. The molecule has 0 aliphatic heterocycles. The van der Waals surface area contributed by atoms with Crippen molar-refractivity contribution in [3.63, 3.8) is 0 Å². The lowest BCUT2D eigenvalue weighted by Crippen LogP contribution is -2.17. The van der Waals surface area contributed by atoms with E-state index >= 15 is 0 Å². The van der Waals surface area contributed by atoms with E-state index in [1.165, 1.54) is 0 Å². The molecule has 5 heteroatoms. The van der Waals surface area contributed by atoms with Gasteiger partial charge in [-0.2, -0.15) is 0 Å². The van der Waals surface area contributed by atoms with Crippen LogP contribution >= 0.6 is 0 Å². The summed E-state index contributed by atoms with van der Waals surface area (Å²) in [6, 6.07) is 7.89. The van der Waals surface area contributed by atoms with Crippen molar-refractivity contribution in [2.45, 2.75) is 20.0 Å². The van der Waals surface area contributed by atoms with E-state index in [-0.39, 0.29) is 0 Å². The first-order valence-corrected chi connectivity index (χ1v) is 6.44. The maximum Gasteiger partial charge on any atom is 0.161 e. The van der Waals surface area contributed by atoms with E-state index in [1.807, 2.05) is 38.2 Å². The molecule has 5 nitrogen and oxygen atoms in total. The third-order valence-electron chi connectivity index (χ3n) is 3.01. The number of aromatic nitrogens is 1. The zero-order valence-electron chi connectivity index (χ0n) is 12.3. The molecule has 0 amide bonds. The summed E-state index contributed by atoms with van der Waals surface area (Å²) < 4.78 is 15.6. The molecule has 0 N–H and O–H groups in total. The molecule has 0 spiro atoms. The van der Waals surface area contributed by atoms with E-state index in [1.54, 1.807) is 14.2 Å². The Hall–Kier alpha value is -2.01. The van der Waals surface area contributed by atoms with Crippen molar-refractivity contribution in [3.05, 3.63) is 41.3 Å². The Balaban J connectivity index is 2.02. The predicted octanol–water partition coefficient (Wildman–Crippen LogP) is 2.63. The first-order valence-electron chi connectivity index (χ1n) is 6.44. The first-order chi connectivity index (χ1) is 9.62. The zero-order valence-corrected chi connectivity index (χ0v) is 12.3. The molecule has 0 saturated heterocycles. The lowest BCUT2D eigenvalue weighted by molar-refractivity contribution is 0.300. The van der Waals surface area contributed by atoms with Crippen LogP contribution in [0.1, 0.15) is 17.0 Å². The average Bonchev–Trinajstić information content (AvgIpc) is 2.83. The Morgan fingerprint density at radius 2 is 1.85 bits per heavy atom. The van der Waals surface area contributed by atoms with Gasteiger partial charge in [-0.15, -0.1) is 0 Å². The summed E-state index contributed by atoms with van der Waals surface area (Å²) in [5.41, 5.74) is 2.09. The first kappa shape index (κ1) is 14.4. The zero-order chi connectivity index (χ0) is 14.5. The molecule has 20 heavy (non-hydrogen) atoms. The van der Waals surface area contributed by atoms with Gasteiger partial charge in [0.15, 0.2) is 11.5 Å². The lowest BCUT2D eigenvalue weighted by Gasteiger charge is -2.16. The quantitative estimate of drug-likeness (QED) is 0.811. The molecule has 1 aromatic heterocycles. The maximum atomic E-state index is 5.31. The molecule has 0 saturated carbocycles. The van der Waals surface area contributed by atoms with Crippen LogP contribution in [0, 0.1) is 6.92 Å². The van der Waals surface area contributed by atoms with Gasteiger partial charge in [0.25, 0.3) is 0 Å². The van der Waals surface area contributed by atoms with Gasteiger partial charge < -0.3 is 14.0 Å². The second kappa shape index (κ2) is 6.43. The minimum atomic E-state index is 0.742. The number of aryl methyl sites for hydroxylation is 1. The van der Waals surface area contributed by atoms with Gasteiger partial charge in [-0.05, 0) is 31.7 Å². The van der Waals surface area contributed by atoms with Crippen LogP contribution in [0.15, 0.2) is 28.8 Å². The van der Waals surface area contributed by atoms with Gasteiger partial charge in [0, 0.05) is 19.2 Å². The highest BCUT2D eigenvalue weighted by Crippen LogP contribution is 2.28. The van der Waals surface area contributed by atoms with Gasteiger partial charge in [0.2, 0.25) is 0 Å². The second-order valence-electron chi connectivity index (χ2n) is 4.79. The van der Waals surface area contributed by atoms with E-state index in [4.69, 9.17) is 14.0 Å². The number of hydrogen-bond donors (Lipinski definition) is 0. The minimum absolute atomic E-state index is 0.742. The summed E-state index contributed by atoms with van der Waals surface area (Å²) >= 11 is 0. The summed E-state index contributed by atoms with van der Waals surface area (Å²) in [5, 5.41) is 4.00. The molecule has 1 heterocycles. The fourth-order valence-corrected chi connectivity index (χ4v) is 2.12. The van der Waals surface area contributed by atoms with Crippen LogP contribution in [0.5, 0.6) is 11.5 Å². The van der Waals surface area contributed by atoms with Crippen LogP contribution in [-0.4, -0.2) is 31.3 Å².